The Kier molecular flexibility index (Phi) is 12.5. The summed E-state index contributed by atoms with van der Waals surface area (Å²) in [6.07, 6.45) is 11.1. The molecular formula is C18H36O3. The molecule has 21 heavy (non-hydrogen) atoms. The van der Waals surface area contributed by atoms with E-state index in [0.29, 0.717) is 18.6 Å². The lowest BCUT2D eigenvalue weighted by atomic mass is 9.89. The summed E-state index contributed by atoms with van der Waals surface area (Å²) in [6, 6.07) is 0. The maximum absolute atomic E-state index is 11.3. The van der Waals surface area contributed by atoms with E-state index < -0.39 is 6.16 Å². The average molecular weight is 300 g/mol. The van der Waals surface area contributed by atoms with Crippen LogP contribution in [0.15, 0.2) is 0 Å². The van der Waals surface area contributed by atoms with Crippen LogP contribution in [0.1, 0.15) is 91.9 Å². The Hall–Kier alpha value is -0.730. The lowest BCUT2D eigenvalue weighted by Gasteiger charge is -2.17. The highest BCUT2D eigenvalue weighted by Crippen LogP contribution is 2.21. The van der Waals surface area contributed by atoms with Gasteiger partial charge in [-0.3, -0.25) is 0 Å². The zero-order valence-corrected chi connectivity index (χ0v) is 14.7. The van der Waals surface area contributed by atoms with Gasteiger partial charge in [0.15, 0.2) is 0 Å². The molecule has 0 radical (unpaired) electrons. The number of carbonyl (C=O) groups is 1. The zero-order valence-electron chi connectivity index (χ0n) is 14.7. The van der Waals surface area contributed by atoms with E-state index in [0.717, 1.165) is 25.7 Å². The quantitative estimate of drug-likeness (QED) is 0.322. The molecule has 0 unspecified atom stereocenters. The van der Waals surface area contributed by atoms with Gasteiger partial charge in [0.25, 0.3) is 0 Å². The number of hydrogen-bond donors (Lipinski definition) is 0. The maximum Gasteiger partial charge on any atom is 0.508 e. The van der Waals surface area contributed by atoms with Gasteiger partial charge in [0, 0.05) is 0 Å². The lowest BCUT2D eigenvalue weighted by molar-refractivity contribution is 0.0527. The first-order chi connectivity index (χ1) is 9.95. The highest BCUT2D eigenvalue weighted by Gasteiger charge is 2.09. The summed E-state index contributed by atoms with van der Waals surface area (Å²) >= 11 is 0. The standard InChI is InChI=1S/C18H36O3/c1-5-6-7-8-9-12-15-20-17(19)21-16-13-10-11-14-18(2,3)4/h5-16H2,1-4H3. The molecule has 0 aliphatic heterocycles. The number of carbonyl (C=O) groups excluding carboxylic acids is 1. The van der Waals surface area contributed by atoms with E-state index in [-0.39, 0.29) is 0 Å². The van der Waals surface area contributed by atoms with Crippen molar-refractivity contribution in [3.05, 3.63) is 0 Å². The third-order valence-corrected chi connectivity index (χ3v) is 3.51. The Morgan fingerprint density at radius 3 is 1.76 bits per heavy atom. The molecule has 0 heterocycles. The maximum atomic E-state index is 11.3. The predicted octanol–water partition coefficient (Wildman–Crippen LogP) is 6.11. The van der Waals surface area contributed by atoms with Gasteiger partial charge in [-0.15, -0.1) is 0 Å². The molecule has 3 heteroatoms. The molecule has 0 amide bonds. The van der Waals surface area contributed by atoms with Crippen LogP contribution in [0, 0.1) is 5.41 Å². The Balaban J connectivity index is 3.24. The van der Waals surface area contributed by atoms with Gasteiger partial charge >= 0.3 is 6.16 Å². The Bertz CT molecular complexity index is 243. The first-order valence-electron chi connectivity index (χ1n) is 8.75. The molecular weight excluding hydrogens is 264 g/mol. The van der Waals surface area contributed by atoms with Gasteiger partial charge in [0.2, 0.25) is 0 Å². The Morgan fingerprint density at radius 1 is 0.762 bits per heavy atom. The largest absolute Gasteiger partial charge is 0.508 e. The fourth-order valence-electron chi connectivity index (χ4n) is 2.17. The molecule has 0 spiro atoms. The van der Waals surface area contributed by atoms with Gasteiger partial charge in [-0.2, -0.15) is 0 Å². The first kappa shape index (κ1) is 20.3. The predicted molar refractivity (Wildman–Crippen MR) is 88.6 cm³/mol. The van der Waals surface area contributed by atoms with Crippen molar-refractivity contribution in [2.45, 2.75) is 91.9 Å². The van der Waals surface area contributed by atoms with Crippen LogP contribution in [0.2, 0.25) is 0 Å². The fraction of sp³-hybridized carbons (Fsp3) is 0.944. The SMILES string of the molecule is CCCCCCCCOC(=O)OCCCCCC(C)(C)C. The molecule has 126 valence electrons. The minimum absolute atomic E-state index is 0.400. The number of ether oxygens (including phenoxy) is 2. The molecule has 0 aromatic rings. The second kappa shape index (κ2) is 13.0. The Labute approximate surface area is 131 Å². The average Bonchev–Trinajstić information content (AvgIpc) is 2.40. The first-order valence-corrected chi connectivity index (χ1v) is 8.75. The topological polar surface area (TPSA) is 35.5 Å². The van der Waals surface area contributed by atoms with Crippen LogP contribution in [0.5, 0.6) is 0 Å². The summed E-state index contributed by atoms with van der Waals surface area (Å²) in [6.45, 7) is 9.95. The summed E-state index contributed by atoms with van der Waals surface area (Å²) in [5.41, 5.74) is 0.400. The van der Waals surface area contributed by atoms with Crippen molar-refractivity contribution >= 4 is 6.16 Å². The summed E-state index contributed by atoms with van der Waals surface area (Å²) in [7, 11) is 0. The van der Waals surface area contributed by atoms with Crippen molar-refractivity contribution in [1.29, 1.82) is 0 Å². The molecule has 0 N–H and O–H groups in total. The van der Waals surface area contributed by atoms with Crippen LogP contribution in [0.25, 0.3) is 0 Å². The van der Waals surface area contributed by atoms with Gasteiger partial charge in [-0.1, -0.05) is 72.6 Å². The van der Waals surface area contributed by atoms with Gasteiger partial charge in [-0.25, -0.2) is 4.79 Å². The van der Waals surface area contributed by atoms with Crippen LogP contribution in [-0.2, 0) is 9.47 Å². The molecule has 0 aromatic carbocycles. The summed E-state index contributed by atoms with van der Waals surface area (Å²) < 4.78 is 10.1. The van der Waals surface area contributed by atoms with Crippen LogP contribution in [0.3, 0.4) is 0 Å². The van der Waals surface area contributed by atoms with Gasteiger partial charge in [0.1, 0.15) is 0 Å². The summed E-state index contributed by atoms with van der Waals surface area (Å²) in [5, 5.41) is 0. The van der Waals surface area contributed by atoms with Crippen molar-refractivity contribution in [2.24, 2.45) is 5.41 Å². The van der Waals surface area contributed by atoms with Crippen LogP contribution in [-0.4, -0.2) is 19.4 Å². The van der Waals surface area contributed by atoms with E-state index in [1.54, 1.807) is 0 Å². The highest BCUT2D eigenvalue weighted by molar-refractivity contribution is 5.59. The third kappa shape index (κ3) is 17.2. The smallest absolute Gasteiger partial charge is 0.434 e. The lowest BCUT2D eigenvalue weighted by Crippen LogP contribution is -2.10. The van der Waals surface area contributed by atoms with Crippen molar-refractivity contribution in [2.75, 3.05) is 13.2 Å². The number of unbranched alkanes of at least 4 members (excludes halogenated alkanes) is 7. The van der Waals surface area contributed by atoms with Gasteiger partial charge in [-0.05, 0) is 24.7 Å². The van der Waals surface area contributed by atoms with Crippen LogP contribution < -0.4 is 0 Å². The summed E-state index contributed by atoms with van der Waals surface area (Å²) in [4.78, 5) is 11.3. The molecule has 0 rings (SSSR count). The molecule has 0 saturated carbocycles. The molecule has 0 saturated heterocycles. The van der Waals surface area contributed by atoms with E-state index in [1.165, 1.54) is 38.5 Å². The normalized spacial score (nSPS) is 11.4. The molecule has 0 atom stereocenters. The zero-order chi connectivity index (χ0) is 16.0. The van der Waals surface area contributed by atoms with Crippen molar-refractivity contribution in [3.63, 3.8) is 0 Å². The second-order valence-electron chi connectivity index (χ2n) is 7.09. The highest BCUT2D eigenvalue weighted by atomic mass is 16.7. The van der Waals surface area contributed by atoms with Crippen molar-refractivity contribution in [3.8, 4) is 0 Å². The van der Waals surface area contributed by atoms with Gasteiger partial charge in [0.05, 0.1) is 13.2 Å². The van der Waals surface area contributed by atoms with E-state index in [1.807, 2.05) is 0 Å². The molecule has 3 nitrogen and oxygen atoms in total. The monoisotopic (exact) mass is 300 g/mol. The Morgan fingerprint density at radius 2 is 1.24 bits per heavy atom. The molecule has 0 fully saturated rings. The van der Waals surface area contributed by atoms with Crippen molar-refractivity contribution in [1.82, 2.24) is 0 Å². The van der Waals surface area contributed by atoms with Crippen LogP contribution >= 0.6 is 0 Å². The molecule has 0 bridgehead atoms. The van der Waals surface area contributed by atoms with Crippen molar-refractivity contribution < 1.29 is 14.3 Å². The molecule has 0 aliphatic carbocycles. The molecule has 0 aliphatic rings. The van der Waals surface area contributed by atoms with E-state index >= 15 is 0 Å². The molecule has 0 aromatic heterocycles. The van der Waals surface area contributed by atoms with Crippen LogP contribution in [0.4, 0.5) is 4.79 Å². The minimum atomic E-state index is -0.501. The second-order valence-corrected chi connectivity index (χ2v) is 7.09. The summed E-state index contributed by atoms with van der Waals surface area (Å²) in [5.74, 6) is 0. The van der Waals surface area contributed by atoms with E-state index in [4.69, 9.17) is 9.47 Å². The minimum Gasteiger partial charge on any atom is -0.434 e. The van der Waals surface area contributed by atoms with Gasteiger partial charge < -0.3 is 9.47 Å². The fourth-order valence-corrected chi connectivity index (χ4v) is 2.17. The number of hydrogen-bond acceptors (Lipinski definition) is 3. The third-order valence-electron chi connectivity index (χ3n) is 3.51. The number of rotatable bonds is 12. The van der Waals surface area contributed by atoms with E-state index in [9.17, 15) is 4.79 Å². The van der Waals surface area contributed by atoms with E-state index in [2.05, 4.69) is 27.7 Å².